The minimum Gasteiger partial charge on any atom is -0.376 e. The van der Waals surface area contributed by atoms with Crippen LogP contribution in [0.5, 0.6) is 0 Å². The summed E-state index contributed by atoms with van der Waals surface area (Å²) in [6, 6.07) is 5.65. The topological polar surface area (TPSA) is 66.9 Å². The average Bonchev–Trinajstić information content (AvgIpc) is 3.22. The van der Waals surface area contributed by atoms with E-state index < -0.39 is 9.84 Å². The maximum Gasteiger partial charge on any atom is 0.242 e. The summed E-state index contributed by atoms with van der Waals surface area (Å²) in [4.78, 5) is 16.4. The zero-order valence-corrected chi connectivity index (χ0v) is 15.8. The number of carbonyl (C=O) groups excluding carboxylic acids is 1. The fourth-order valence-corrected chi connectivity index (χ4v) is 5.29. The zero-order chi connectivity index (χ0) is 18.7. The van der Waals surface area contributed by atoms with Gasteiger partial charge < -0.3 is 14.5 Å². The van der Waals surface area contributed by atoms with Crippen molar-refractivity contribution in [2.24, 2.45) is 0 Å². The molecule has 0 N–H and O–H groups in total. The monoisotopic (exact) mass is 384 g/mol. The van der Waals surface area contributed by atoms with Gasteiger partial charge in [0, 0.05) is 31.9 Å². The van der Waals surface area contributed by atoms with E-state index in [1.807, 2.05) is 0 Å². The van der Waals surface area contributed by atoms with Gasteiger partial charge in [-0.15, -0.1) is 0 Å². The molecular weight excluding hydrogens is 359 g/mol. The number of anilines is 1. The van der Waals surface area contributed by atoms with Crippen LogP contribution in [0.3, 0.4) is 0 Å². The highest BCUT2D eigenvalue weighted by Gasteiger charge is 2.36. The molecule has 2 unspecified atom stereocenters. The highest BCUT2D eigenvalue weighted by Crippen LogP contribution is 2.22. The molecule has 1 aromatic rings. The minimum absolute atomic E-state index is 0.0196. The Hall–Kier alpha value is -1.67. The van der Waals surface area contributed by atoms with Crippen molar-refractivity contribution >= 4 is 21.4 Å². The summed E-state index contributed by atoms with van der Waals surface area (Å²) in [5.74, 6) is -0.314. The van der Waals surface area contributed by atoms with Crippen LogP contribution >= 0.6 is 0 Å². The summed E-state index contributed by atoms with van der Waals surface area (Å²) >= 11 is 0. The highest BCUT2D eigenvalue weighted by atomic mass is 32.2. The smallest absolute Gasteiger partial charge is 0.242 e. The number of benzene rings is 1. The summed E-state index contributed by atoms with van der Waals surface area (Å²) in [6.07, 6.45) is 2.29. The van der Waals surface area contributed by atoms with E-state index in [9.17, 15) is 17.6 Å². The lowest BCUT2D eigenvalue weighted by Gasteiger charge is -2.32. The molecule has 2 heterocycles. The maximum absolute atomic E-state index is 13.1. The summed E-state index contributed by atoms with van der Waals surface area (Å²) in [5.41, 5.74) is 0.732. The van der Waals surface area contributed by atoms with Gasteiger partial charge in [-0.2, -0.15) is 0 Å². The van der Waals surface area contributed by atoms with Crippen molar-refractivity contribution in [3.05, 3.63) is 30.1 Å². The third-order valence-corrected chi connectivity index (χ3v) is 6.78. The van der Waals surface area contributed by atoms with Crippen LogP contribution in [0.4, 0.5) is 10.1 Å². The van der Waals surface area contributed by atoms with Crippen molar-refractivity contribution in [2.75, 3.05) is 43.1 Å². The quantitative estimate of drug-likeness (QED) is 0.743. The molecule has 0 radical (unpaired) electrons. The number of rotatable bonds is 6. The Morgan fingerprint density at radius 3 is 2.58 bits per heavy atom. The molecule has 0 aromatic heterocycles. The van der Waals surface area contributed by atoms with Gasteiger partial charge >= 0.3 is 0 Å². The van der Waals surface area contributed by atoms with Crippen molar-refractivity contribution < 1.29 is 22.3 Å². The van der Waals surface area contributed by atoms with Gasteiger partial charge in [-0.1, -0.05) is 0 Å². The van der Waals surface area contributed by atoms with Gasteiger partial charge in [0.25, 0.3) is 0 Å². The first-order chi connectivity index (χ1) is 12.3. The molecule has 26 heavy (non-hydrogen) atoms. The number of ether oxygens (including phenoxy) is 1. The van der Waals surface area contributed by atoms with Crippen LogP contribution in [0, 0.1) is 5.82 Å². The lowest BCUT2D eigenvalue weighted by molar-refractivity contribution is -0.133. The fraction of sp³-hybridized carbons (Fsp3) is 0.611. The van der Waals surface area contributed by atoms with Gasteiger partial charge in [-0.3, -0.25) is 4.79 Å². The first-order valence-corrected chi connectivity index (χ1v) is 10.7. The second-order valence-electron chi connectivity index (χ2n) is 7.07. The second kappa shape index (κ2) is 7.92. The largest absolute Gasteiger partial charge is 0.376 e. The van der Waals surface area contributed by atoms with Gasteiger partial charge in [0.2, 0.25) is 5.91 Å². The molecule has 0 saturated carbocycles. The third kappa shape index (κ3) is 4.73. The van der Waals surface area contributed by atoms with Crippen LogP contribution in [0.15, 0.2) is 24.3 Å². The van der Waals surface area contributed by atoms with Crippen molar-refractivity contribution in [1.82, 2.24) is 4.90 Å². The molecule has 2 aliphatic rings. The predicted octanol–water partition coefficient (Wildman–Crippen LogP) is 1.46. The summed E-state index contributed by atoms with van der Waals surface area (Å²) in [7, 11) is -1.32. The molecule has 0 spiro atoms. The molecule has 3 rings (SSSR count). The predicted molar refractivity (Wildman–Crippen MR) is 97.4 cm³/mol. The van der Waals surface area contributed by atoms with E-state index in [1.54, 1.807) is 29.0 Å². The number of hydrogen-bond donors (Lipinski definition) is 0. The molecule has 2 atom stereocenters. The first kappa shape index (κ1) is 19.1. The van der Waals surface area contributed by atoms with Gasteiger partial charge in [0.05, 0.1) is 24.2 Å². The Morgan fingerprint density at radius 1 is 1.27 bits per heavy atom. The zero-order valence-electron chi connectivity index (χ0n) is 14.9. The summed E-state index contributed by atoms with van der Waals surface area (Å²) in [5, 5.41) is 0. The molecule has 144 valence electrons. The lowest BCUT2D eigenvalue weighted by Crippen LogP contribution is -2.48. The molecule has 6 nitrogen and oxygen atoms in total. The SMILES string of the molecule is CN(CC(=O)N(CC1CCCO1)C1CCS(=O)(=O)C1)c1ccc(F)cc1. The molecule has 2 saturated heterocycles. The summed E-state index contributed by atoms with van der Waals surface area (Å²) in [6.45, 7) is 1.22. The van der Waals surface area contributed by atoms with Crippen LogP contribution in [-0.2, 0) is 19.4 Å². The minimum atomic E-state index is -3.08. The van der Waals surface area contributed by atoms with E-state index in [0.717, 1.165) is 18.5 Å². The Kier molecular flexibility index (Phi) is 5.82. The molecule has 0 bridgehead atoms. The van der Waals surface area contributed by atoms with Crippen LogP contribution in [0.2, 0.25) is 0 Å². The first-order valence-electron chi connectivity index (χ1n) is 8.92. The van der Waals surface area contributed by atoms with Crippen molar-refractivity contribution in [1.29, 1.82) is 0 Å². The number of sulfone groups is 1. The Labute approximate surface area is 153 Å². The Bertz CT molecular complexity index is 732. The molecule has 2 aliphatic heterocycles. The number of amides is 1. The molecule has 8 heteroatoms. The van der Waals surface area contributed by atoms with E-state index >= 15 is 0 Å². The van der Waals surface area contributed by atoms with Crippen LogP contribution < -0.4 is 4.90 Å². The molecule has 2 fully saturated rings. The number of carbonyl (C=O) groups is 1. The Morgan fingerprint density at radius 2 is 2.00 bits per heavy atom. The van der Waals surface area contributed by atoms with Gasteiger partial charge in [0.15, 0.2) is 9.84 Å². The molecule has 0 aliphatic carbocycles. The van der Waals surface area contributed by atoms with E-state index in [2.05, 4.69) is 0 Å². The van der Waals surface area contributed by atoms with Crippen LogP contribution in [0.1, 0.15) is 19.3 Å². The Balaban J connectivity index is 1.70. The normalized spacial score (nSPS) is 24.5. The molecule has 1 amide bonds. The van der Waals surface area contributed by atoms with Crippen LogP contribution in [0.25, 0.3) is 0 Å². The van der Waals surface area contributed by atoms with Crippen molar-refractivity contribution in [3.8, 4) is 0 Å². The van der Waals surface area contributed by atoms with Crippen LogP contribution in [-0.4, -0.2) is 69.6 Å². The van der Waals surface area contributed by atoms with E-state index in [1.165, 1.54) is 12.1 Å². The van der Waals surface area contributed by atoms with Crippen molar-refractivity contribution in [2.45, 2.75) is 31.4 Å². The standard InChI is InChI=1S/C18H25FN2O4S/c1-20(15-6-4-14(19)5-7-15)12-18(22)21(11-17-3-2-9-25-17)16-8-10-26(23,24)13-16/h4-7,16-17H,2-3,8-13H2,1H3. The number of halogens is 1. The molecule has 1 aromatic carbocycles. The average molecular weight is 384 g/mol. The van der Waals surface area contributed by atoms with Gasteiger partial charge in [0.1, 0.15) is 5.82 Å². The summed E-state index contributed by atoms with van der Waals surface area (Å²) < 4.78 is 42.5. The van der Waals surface area contributed by atoms with E-state index in [-0.39, 0.29) is 41.9 Å². The fourth-order valence-electron chi connectivity index (χ4n) is 3.56. The maximum atomic E-state index is 13.1. The van der Waals surface area contributed by atoms with E-state index in [4.69, 9.17) is 4.74 Å². The highest BCUT2D eigenvalue weighted by molar-refractivity contribution is 7.91. The number of hydrogen-bond acceptors (Lipinski definition) is 5. The van der Waals surface area contributed by atoms with Crippen molar-refractivity contribution in [3.63, 3.8) is 0 Å². The third-order valence-electron chi connectivity index (χ3n) is 5.03. The second-order valence-corrected chi connectivity index (χ2v) is 9.30. The van der Waals surface area contributed by atoms with Gasteiger partial charge in [-0.25, -0.2) is 12.8 Å². The number of nitrogens with zero attached hydrogens (tertiary/aromatic N) is 2. The lowest BCUT2D eigenvalue weighted by atomic mass is 10.1. The van der Waals surface area contributed by atoms with Gasteiger partial charge in [-0.05, 0) is 43.5 Å². The van der Waals surface area contributed by atoms with E-state index in [0.29, 0.717) is 19.6 Å². The number of likely N-dealkylation sites (N-methyl/N-ethyl adjacent to an activating group) is 1. The molecular formula is C18H25FN2O4S.